The number of hydrogen-bond acceptors (Lipinski definition) is 3. The predicted octanol–water partition coefficient (Wildman–Crippen LogP) is 3.10. The number of nitrogens with zero attached hydrogens (tertiary/aromatic N) is 2. The zero-order valence-electron chi connectivity index (χ0n) is 8.08. The maximum Gasteiger partial charge on any atom is 0.145 e. The van der Waals surface area contributed by atoms with E-state index in [0.717, 1.165) is 15.7 Å². The highest BCUT2D eigenvalue weighted by Crippen LogP contribution is 2.19. The van der Waals surface area contributed by atoms with Crippen LogP contribution < -0.4 is 5.32 Å². The van der Waals surface area contributed by atoms with Crippen molar-refractivity contribution in [2.45, 2.75) is 6.92 Å². The van der Waals surface area contributed by atoms with E-state index in [1.54, 1.807) is 12.1 Å². The predicted molar refractivity (Wildman–Crippen MR) is 61.8 cm³/mol. The van der Waals surface area contributed by atoms with Gasteiger partial charge in [0, 0.05) is 16.4 Å². The Kier molecular flexibility index (Phi) is 3.91. The van der Waals surface area contributed by atoms with Crippen LogP contribution in [0, 0.1) is 29.6 Å². The monoisotopic (exact) mass is 261 g/mol. The van der Waals surface area contributed by atoms with Crippen molar-refractivity contribution in [2.75, 3.05) is 5.32 Å². The van der Waals surface area contributed by atoms with E-state index in [0.29, 0.717) is 0 Å². The molecule has 0 saturated carbocycles. The number of halogens is 1. The number of nitriles is 2. The summed E-state index contributed by atoms with van der Waals surface area (Å²) in [5.74, 6) is 0. The molecule has 0 atom stereocenters. The lowest BCUT2D eigenvalue weighted by Crippen LogP contribution is -1.90. The van der Waals surface area contributed by atoms with E-state index in [4.69, 9.17) is 10.5 Å². The Bertz CT molecular complexity index is 462. The van der Waals surface area contributed by atoms with Gasteiger partial charge in [-0.25, -0.2) is 0 Å². The SMILES string of the molecule is Cc1cc(NC=C(C#N)C#N)ccc1Br. The molecule has 0 unspecified atom stereocenters. The van der Waals surface area contributed by atoms with Crippen molar-refractivity contribution >= 4 is 21.6 Å². The van der Waals surface area contributed by atoms with Gasteiger partial charge in [-0.15, -0.1) is 0 Å². The van der Waals surface area contributed by atoms with Crippen molar-refractivity contribution in [3.63, 3.8) is 0 Å². The number of anilines is 1. The van der Waals surface area contributed by atoms with Gasteiger partial charge >= 0.3 is 0 Å². The van der Waals surface area contributed by atoms with Crippen LogP contribution >= 0.6 is 15.9 Å². The molecule has 0 bridgehead atoms. The Morgan fingerprint density at radius 2 is 2.07 bits per heavy atom. The van der Waals surface area contributed by atoms with Crippen LogP contribution in [-0.2, 0) is 0 Å². The van der Waals surface area contributed by atoms with Crippen molar-refractivity contribution in [1.82, 2.24) is 0 Å². The summed E-state index contributed by atoms with van der Waals surface area (Å²) < 4.78 is 1.03. The van der Waals surface area contributed by atoms with Crippen molar-refractivity contribution in [2.24, 2.45) is 0 Å². The van der Waals surface area contributed by atoms with Gasteiger partial charge in [-0.2, -0.15) is 10.5 Å². The minimum Gasteiger partial charge on any atom is -0.360 e. The van der Waals surface area contributed by atoms with Crippen LogP contribution in [0.3, 0.4) is 0 Å². The van der Waals surface area contributed by atoms with Gasteiger partial charge in [0.2, 0.25) is 0 Å². The maximum atomic E-state index is 8.51. The third-order valence-electron chi connectivity index (χ3n) is 1.78. The van der Waals surface area contributed by atoms with E-state index in [2.05, 4.69) is 21.2 Å². The average molecular weight is 262 g/mol. The van der Waals surface area contributed by atoms with Crippen molar-refractivity contribution in [1.29, 1.82) is 10.5 Å². The molecule has 0 spiro atoms. The lowest BCUT2D eigenvalue weighted by Gasteiger charge is -2.03. The van der Waals surface area contributed by atoms with E-state index in [9.17, 15) is 0 Å². The molecule has 0 aliphatic rings. The summed E-state index contributed by atoms with van der Waals surface area (Å²) in [7, 11) is 0. The van der Waals surface area contributed by atoms with Crippen molar-refractivity contribution < 1.29 is 0 Å². The van der Waals surface area contributed by atoms with Gasteiger partial charge < -0.3 is 5.32 Å². The molecule has 0 aliphatic heterocycles. The number of benzene rings is 1. The van der Waals surface area contributed by atoms with Gasteiger partial charge in [0.1, 0.15) is 17.7 Å². The van der Waals surface area contributed by atoms with Gasteiger partial charge in [-0.3, -0.25) is 0 Å². The molecule has 3 nitrogen and oxygen atoms in total. The molecule has 0 amide bonds. The van der Waals surface area contributed by atoms with Gasteiger partial charge in [-0.05, 0) is 30.7 Å². The molecule has 15 heavy (non-hydrogen) atoms. The second-order valence-electron chi connectivity index (χ2n) is 2.89. The maximum absolute atomic E-state index is 8.51. The third kappa shape index (κ3) is 3.12. The summed E-state index contributed by atoms with van der Waals surface area (Å²) >= 11 is 3.39. The van der Waals surface area contributed by atoms with E-state index in [1.807, 2.05) is 25.1 Å². The van der Waals surface area contributed by atoms with Crippen LogP contribution in [-0.4, -0.2) is 0 Å². The first kappa shape index (κ1) is 11.3. The fraction of sp³-hybridized carbons (Fsp3) is 0.0909. The minimum absolute atomic E-state index is 0.0515. The number of hydrogen-bond donors (Lipinski definition) is 1. The summed E-state index contributed by atoms with van der Waals surface area (Å²) in [6.45, 7) is 1.97. The van der Waals surface area contributed by atoms with Gasteiger partial charge in [0.05, 0.1) is 0 Å². The van der Waals surface area contributed by atoms with Gasteiger partial charge in [0.25, 0.3) is 0 Å². The van der Waals surface area contributed by atoms with Gasteiger partial charge in [-0.1, -0.05) is 15.9 Å². The smallest absolute Gasteiger partial charge is 0.145 e. The van der Waals surface area contributed by atoms with Crippen LogP contribution in [0.25, 0.3) is 0 Å². The van der Waals surface area contributed by atoms with Gasteiger partial charge in [0.15, 0.2) is 0 Å². The molecule has 0 saturated heterocycles. The third-order valence-corrected chi connectivity index (χ3v) is 2.67. The second kappa shape index (κ2) is 5.19. The first-order valence-electron chi connectivity index (χ1n) is 4.20. The molecule has 0 aromatic heterocycles. The topological polar surface area (TPSA) is 59.6 Å². The zero-order chi connectivity index (χ0) is 11.3. The Morgan fingerprint density at radius 1 is 1.40 bits per heavy atom. The quantitative estimate of drug-likeness (QED) is 0.833. The van der Waals surface area contributed by atoms with E-state index in [1.165, 1.54) is 6.20 Å². The summed E-state index contributed by atoms with van der Waals surface area (Å²) in [6, 6.07) is 9.24. The molecule has 74 valence electrons. The molecule has 1 aromatic carbocycles. The Labute approximate surface area is 96.8 Å². The molecule has 0 heterocycles. The molecule has 1 N–H and O–H groups in total. The average Bonchev–Trinajstić information content (AvgIpc) is 2.24. The van der Waals surface area contributed by atoms with E-state index in [-0.39, 0.29) is 5.57 Å². The molecular weight excluding hydrogens is 254 g/mol. The van der Waals surface area contributed by atoms with Crippen molar-refractivity contribution in [3.8, 4) is 12.1 Å². The highest BCUT2D eigenvalue weighted by molar-refractivity contribution is 9.10. The van der Waals surface area contributed by atoms with E-state index >= 15 is 0 Å². The standard InChI is InChI=1S/C11H8BrN3/c1-8-4-10(2-3-11(8)12)15-7-9(5-13)6-14/h2-4,7,15H,1H3. The number of aryl methyl sites for hydroxylation is 1. The molecule has 1 aromatic rings. The minimum atomic E-state index is 0.0515. The fourth-order valence-corrected chi connectivity index (χ4v) is 1.23. The van der Waals surface area contributed by atoms with Crippen LogP contribution in [0.1, 0.15) is 5.56 Å². The lowest BCUT2D eigenvalue weighted by molar-refractivity contribution is 1.41. The first-order chi connectivity index (χ1) is 7.17. The normalized spacial score (nSPS) is 8.53. The second-order valence-corrected chi connectivity index (χ2v) is 3.74. The van der Waals surface area contributed by atoms with Crippen molar-refractivity contribution in [3.05, 3.63) is 40.0 Å². The molecule has 0 radical (unpaired) electrons. The Morgan fingerprint density at radius 3 is 2.60 bits per heavy atom. The van der Waals surface area contributed by atoms with Crippen LogP contribution in [0.2, 0.25) is 0 Å². The molecule has 0 aliphatic carbocycles. The lowest BCUT2D eigenvalue weighted by atomic mass is 10.2. The Hall–Kier alpha value is -1.78. The Balaban J connectivity index is 2.84. The molecule has 1 rings (SSSR count). The number of nitrogens with one attached hydrogen (secondary N) is 1. The van der Waals surface area contributed by atoms with Crippen LogP contribution in [0.15, 0.2) is 34.4 Å². The number of rotatable bonds is 2. The molecule has 0 fully saturated rings. The highest BCUT2D eigenvalue weighted by atomic mass is 79.9. The van der Waals surface area contributed by atoms with Crippen LogP contribution in [0.4, 0.5) is 5.69 Å². The molecule has 4 heteroatoms. The number of allylic oxidation sites excluding steroid dienone is 1. The summed E-state index contributed by atoms with van der Waals surface area (Å²) in [5, 5.41) is 19.9. The summed E-state index contributed by atoms with van der Waals surface area (Å²) in [5.41, 5.74) is 1.98. The largest absolute Gasteiger partial charge is 0.360 e. The highest BCUT2D eigenvalue weighted by Gasteiger charge is 1.96. The van der Waals surface area contributed by atoms with Crippen LogP contribution in [0.5, 0.6) is 0 Å². The molecular formula is C11H8BrN3. The fourth-order valence-electron chi connectivity index (χ4n) is 0.980. The van der Waals surface area contributed by atoms with E-state index < -0.39 is 0 Å². The zero-order valence-corrected chi connectivity index (χ0v) is 9.67. The summed E-state index contributed by atoms with van der Waals surface area (Å²) in [4.78, 5) is 0. The first-order valence-corrected chi connectivity index (χ1v) is 4.99. The summed E-state index contributed by atoms with van der Waals surface area (Å²) in [6.07, 6.45) is 1.39.